The van der Waals surface area contributed by atoms with Gasteiger partial charge in [0.25, 0.3) is 0 Å². The van der Waals surface area contributed by atoms with Gasteiger partial charge in [-0.3, -0.25) is 0 Å². The predicted octanol–water partition coefficient (Wildman–Crippen LogP) is 5.20. The summed E-state index contributed by atoms with van der Waals surface area (Å²) in [7, 11) is 0. The van der Waals surface area contributed by atoms with Gasteiger partial charge in [-0.1, -0.05) is 42.5 Å². The molecule has 0 bridgehead atoms. The molecule has 0 unspecified atom stereocenters. The van der Waals surface area contributed by atoms with E-state index >= 15 is 0 Å². The van der Waals surface area contributed by atoms with E-state index in [1.807, 2.05) is 42.5 Å². The van der Waals surface area contributed by atoms with Crippen LogP contribution in [0.15, 0.2) is 77.8 Å². The van der Waals surface area contributed by atoms with Gasteiger partial charge in [-0.05, 0) is 52.9 Å². The van der Waals surface area contributed by atoms with Gasteiger partial charge in [0.15, 0.2) is 0 Å². The van der Waals surface area contributed by atoms with Crippen molar-refractivity contribution in [3.8, 4) is 0 Å². The fraction of sp³-hybridized carbons (Fsp3) is 0. The molecule has 3 N–H and O–H groups in total. The lowest BCUT2D eigenvalue weighted by Gasteiger charge is -2.14. The van der Waals surface area contributed by atoms with E-state index in [1.165, 1.54) is 6.07 Å². The summed E-state index contributed by atoms with van der Waals surface area (Å²) in [5.74, 6) is 0.173. The van der Waals surface area contributed by atoms with Gasteiger partial charge >= 0.3 is 0 Å². The largest absolute Gasteiger partial charge is 0.397 e. The number of nitrogens with zero attached hydrogens (tertiary/aromatic N) is 1. The number of amidine groups is 1. The third kappa shape index (κ3) is 3.73. The van der Waals surface area contributed by atoms with Crippen LogP contribution in [0.25, 0.3) is 0 Å². The third-order valence-electron chi connectivity index (χ3n) is 3.43. The summed E-state index contributed by atoms with van der Waals surface area (Å²) in [6.45, 7) is 0. The molecule has 0 aliphatic rings. The molecule has 0 amide bonds. The predicted molar refractivity (Wildman–Crippen MR) is 106 cm³/mol. The molecule has 3 rings (SSSR count). The molecule has 0 aliphatic heterocycles. The number of para-hydroxylation sites is 3. The van der Waals surface area contributed by atoms with Crippen molar-refractivity contribution in [2.45, 2.75) is 0 Å². The van der Waals surface area contributed by atoms with Crippen LogP contribution in [0, 0.1) is 9.39 Å². The maximum Gasteiger partial charge on any atom is 0.148 e. The molecule has 120 valence electrons. The molecule has 24 heavy (non-hydrogen) atoms. The van der Waals surface area contributed by atoms with Gasteiger partial charge < -0.3 is 11.1 Å². The molecule has 3 aromatic rings. The number of rotatable bonds is 3. The van der Waals surface area contributed by atoms with Crippen LogP contribution in [0.4, 0.5) is 21.5 Å². The Hall–Kier alpha value is -2.41. The number of nitrogens with one attached hydrogen (secondary N) is 1. The van der Waals surface area contributed by atoms with Crippen LogP contribution >= 0.6 is 22.6 Å². The SMILES string of the molecule is Nc1ccccc1NC(=Nc1ccccc1F)c1ccccc1I. The average molecular weight is 431 g/mol. The zero-order valence-corrected chi connectivity index (χ0v) is 14.9. The second kappa shape index (κ2) is 7.44. The second-order valence-corrected chi connectivity index (χ2v) is 6.27. The van der Waals surface area contributed by atoms with E-state index < -0.39 is 0 Å². The molecule has 0 spiro atoms. The van der Waals surface area contributed by atoms with Crippen LogP contribution < -0.4 is 11.1 Å². The number of hydrogen-bond donors (Lipinski definition) is 2. The Labute approximate surface area is 153 Å². The summed E-state index contributed by atoms with van der Waals surface area (Å²) in [4.78, 5) is 4.50. The summed E-state index contributed by atoms with van der Waals surface area (Å²) in [6.07, 6.45) is 0. The van der Waals surface area contributed by atoms with Gasteiger partial charge in [-0.2, -0.15) is 0 Å². The molecule has 0 heterocycles. The lowest BCUT2D eigenvalue weighted by Crippen LogP contribution is -2.16. The fourth-order valence-corrected chi connectivity index (χ4v) is 2.85. The summed E-state index contributed by atoms with van der Waals surface area (Å²) in [5, 5.41) is 3.23. The summed E-state index contributed by atoms with van der Waals surface area (Å²) >= 11 is 2.23. The molecule has 0 fully saturated rings. The molecule has 5 heteroatoms. The van der Waals surface area contributed by atoms with Crippen molar-refractivity contribution >= 4 is 45.5 Å². The summed E-state index contributed by atoms with van der Waals surface area (Å²) in [5.41, 5.74) is 8.50. The van der Waals surface area contributed by atoms with E-state index in [9.17, 15) is 4.39 Å². The Kier molecular flexibility index (Phi) is 5.10. The minimum Gasteiger partial charge on any atom is -0.397 e. The van der Waals surface area contributed by atoms with Crippen LogP contribution in [-0.4, -0.2) is 5.84 Å². The Morgan fingerprint density at radius 2 is 1.58 bits per heavy atom. The molecule has 3 nitrogen and oxygen atoms in total. The highest BCUT2D eigenvalue weighted by atomic mass is 127. The molecule has 0 saturated heterocycles. The maximum absolute atomic E-state index is 14.0. The van der Waals surface area contributed by atoms with Crippen LogP contribution in [0.3, 0.4) is 0 Å². The number of anilines is 2. The van der Waals surface area contributed by atoms with E-state index in [-0.39, 0.29) is 11.5 Å². The van der Waals surface area contributed by atoms with Crippen molar-refractivity contribution in [1.29, 1.82) is 0 Å². The lowest BCUT2D eigenvalue weighted by molar-refractivity contribution is 0.630. The van der Waals surface area contributed by atoms with Gasteiger partial charge in [0.1, 0.15) is 17.3 Å². The number of benzene rings is 3. The van der Waals surface area contributed by atoms with Gasteiger partial charge in [0.2, 0.25) is 0 Å². The first-order valence-corrected chi connectivity index (χ1v) is 8.42. The summed E-state index contributed by atoms with van der Waals surface area (Å²) in [6, 6.07) is 21.6. The number of halogens is 2. The molecule has 3 aromatic carbocycles. The zero-order valence-electron chi connectivity index (χ0n) is 12.7. The first-order chi connectivity index (χ1) is 11.6. The topological polar surface area (TPSA) is 50.4 Å². The van der Waals surface area contributed by atoms with Crippen LogP contribution in [0.5, 0.6) is 0 Å². The molecule has 0 radical (unpaired) electrons. The highest BCUT2D eigenvalue weighted by molar-refractivity contribution is 14.1. The van der Waals surface area contributed by atoms with Crippen molar-refractivity contribution in [1.82, 2.24) is 0 Å². The number of nitrogen functional groups attached to an aromatic ring is 1. The van der Waals surface area contributed by atoms with Crippen molar-refractivity contribution in [2.75, 3.05) is 11.1 Å². The standard InChI is InChI=1S/C19H15FIN3/c20-14-8-2-5-11-17(14)23-19(13-7-1-3-9-15(13)21)24-18-12-6-4-10-16(18)22/h1-12H,22H2,(H,23,24). The van der Waals surface area contributed by atoms with E-state index in [0.717, 1.165) is 14.8 Å². The molecule has 0 saturated carbocycles. The van der Waals surface area contributed by atoms with Crippen molar-refractivity contribution in [2.24, 2.45) is 4.99 Å². The monoisotopic (exact) mass is 431 g/mol. The van der Waals surface area contributed by atoms with E-state index in [2.05, 4.69) is 32.9 Å². The Morgan fingerprint density at radius 3 is 2.33 bits per heavy atom. The molecule has 0 aromatic heterocycles. The minimum absolute atomic E-state index is 0.272. The smallest absolute Gasteiger partial charge is 0.148 e. The zero-order chi connectivity index (χ0) is 16.9. The first kappa shape index (κ1) is 16.4. The van der Waals surface area contributed by atoms with Crippen LogP contribution in [0.1, 0.15) is 5.56 Å². The normalized spacial score (nSPS) is 11.3. The Morgan fingerprint density at radius 1 is 0.917 bits per heavy atom. The van der Waals surface area contributed by atoms with Gasteiger partial charge in [0, 0.05) is 9.13 Å². The van der Waals surface area contributed by atoms with E-state index in [0.29, 0.717) is 11.5 Å². The highest BCUT2D eigenvalue weighted by Gasteiger charge is 2.11. The van der Waals surface area contributed by atoms with Crippen molar-refractivity contribution in [3.05, 3.63) is 87.7 Å². The number of hydrogen-bond acceptors (Lipinski definition) is 2. The maximum atomic E-state index is 14.0. The van der Waals surface area contributed by atoms with E-state index in [4.69, 9.17) is 5.73 Å². The highest BCUT2D eigenvalue weighted by Crippen LogP contribution is 2.23. The molecular formula is C19H15FIN3. The second-order valence-electron chi connectivity index (χ2n) is 5.10. The molecule has 0 atom stereocenters. The average Bonchev–Trinajstić information content (AvgIpc) is 2.58. The Balaban J connectivity index is 2.10. The van der Waals surface area contributed by atoms with Gasteiger partial charge in [-0.25, -0.2) is 9.38 Å². The quantitative estimate of drug-likeness (QED) is 0.259. The van der Waals surface area contributed by atoms with Crippen molar-refractivity contribution < 1.29 is 4.39 Å². The fourth-order valence-electron chi connectivity index (χ4n) is 2.21. The third-order valence-corrected chi connectivity index (χ3v) is 4.37. The molecule has 0 aliphatic carbocycles. The lowest BCUT2D eigenvalue weighted by atomic mass is 10.2. The van der Waals surface area contributed by atoms with Crippen LogP contribution in [0.2, 0.25) is 0 Å². The number of aliphatic imine (C=N–C) groups is 1. The minimum atomic E-state index is -0.372. The first-order valence-electron chi connectivity index (χ1n) is 7.35. The van der Waals surface area contributed by atoms with Gasteiger partial charge in [0.05, 0.1) is 11.4 Å². The van der Waals surface area contributed by atoms with Crippen molar-refractivity contribution in [3.63, 3.8) is 0 Å². The number of nitrogens with two attached hydrogens (primary N) is 1. The van der Waals surface area contributed by atoms with Gasteiger partial charge in [-0.15, -0.1) is 0 Å². The molecular weight excluding hydrogens is 416 g/mol. The Bertz CT molecular complexity index is 893. The van der Waals surface area contributed by atoms with Crippen LogP contribution in [-0.2, 0) is 0 Å². The van der Waals surface area contributed by atoms with E-state index in [1.54, 1.807) is 24.3 Å². The summed E-state index contributed by atoms with van der Waals surface area (Å²) < 4.78 is 15.0.